The number of carbonyl (C=O) groups excluding carboxylic acids is 2. The first-order valence-corrected chi connectivity index (χ1v) is 12.0. The number of methoxy groups -OCH3 is 1. The predicted molar refractivity (Wildman–Crippen MR) is 129 cm³/mol. The lowest BCUT2D eigenvalue weighted by atomic mass is 9.82. The Labute approximate surface area is 197 Å². The standard InChI is InChI=1S/C27H36N2O4/c1-5-7-18-29-25(30)17-16-23(26(29)22-10-8-9-11-24(22)32-4)27(31)28-19(3)20-12-14-21(15-13-20)33-6-2/h8-15,19,23,26H,5-7,16-18H2,1-4H3,(H,28,31). The molecule has 1 fully saturated rings. The molecular formula is C27H36N2O4. The van der Waals surface area contributed by atoms with E-state index in [1.165, 1.54) is 0 Å². The molecule has 33 heavy (non-hydrogen) atoms. The molecule has 6 heteroatoms. The molecule has 3 rings (SSSR count). The zero-order chi connectivity index (χ0) is 23.8. The Hall–Kier alpha value is -3.02. The first kappa shape index (κ1) is 24.6. The third-order valence-electron chi connectivity index (χ3n) is 6.30. The number of piperidine rings is 1. The molecule has 0 saturated carbocycles. The highest BCUT2D eigenvalue weighted by atomic mass is 16.5. The van der Waals surface area contributed by atoms with Gasteiger partial charge in [-0.05, 0) is 50.5 Å². The van der Waals surface area contributed by atoms with E-state index < -0.39 is 0 Å². The van der Waals surface area contributed by atoms with Gasteiger partial charge in [0.1, 0.15) is 11.5 Å². The summed E-state index contributed by atoms with van der Waals surface area (Å²) in [4.78, 5) is 28.4. The van der Waals surface area contributed by atoms with E-state index in [-0.39, 0.29) is 29.8 Å². The number of amides is 2. The number of hydrogen-bond donors (Lipinski definition) is 1. The van der Waals surface area contributed by atoms with E-state index in [2.05, 4.69) is 12.2 Å². The van der Waals surface area contributed by atoms with Gasteiger partial charge in [0.15, 0.2) is 0 Å². The topological polar surface area (TPSA) is 67.9 Å². The van der Waals surface area contributed by atoms with Crippen molar-refractivity contribution in [3.63, 3.8) is 0 Å². The minimum Gasteiger partial charge on any atom is -0.496 e. The zero-order valence-corrected chi connectivity index (χ0v) is 20.2. The maximum atomic E-state index is 13.5. The monoisotopic (exact) mass is 452 g/mol. The van der Waals surface area contributed by atoms with Crippen LogP contribution in [-0.4, -0.2) is 37.0 Å². The fourth-order valence-electron chi connectivity index (χ4n) is 4.54. The molecule has 1 saturated heterocycles. The molecule has 1 heterocycles. The number of ether oxygens (including phenoxy) is 2. The lowest BCUT2D eigenvalue weighted by molar-refractivity contribution is -0.143. The van der Waals surface area contributed by atoms with Gasteiger partial charge in [0, 0.05) is 18.5 Å². The van der Waals surface area contributed by atoms with E-state index in [0.717, 1.165) is 29.7 Å². The number of rotatable bonds is 10. The van der Waals surface area contributed by atoms with Crippen LogP contribution >= 0.6 is 0 Å². The Morgan fingerprint density at radius 2 is 1.88 bits per heavy atom. The van der Waals surface area contributed by atoms with Crippen LogP contribution in [0.2, 0.25) is 0 Å². The van der Waals surface area contributed by atoms with E-state index in [9.17, 15) is 9.59 Å². The molecule has 178 valence electrons. The predicted octanol–water partition coefficient (Wildman–Crippen LogP) is 5.05. The van der Waals surface area contributed by atoms with Gasteiger partial charge in [-0.25, -0.2) is 0 Å². The zero-order valence-electron chi connectivity index (χ0n) is 20.2. The van der Waals surface area contributed by atoms with Gasteiger partial charge < -0.3 is 19.7 Å². The minimum absolute atomic E-state index is 0.0405. The summed E-state index contributed by atoms with van der Waals surface area (Å²) < 4.78 is 11.1. The molecule has 2 aromatic rings. The number of nitrogens with zero attached hydrogens (tertiary/aromatic N) is 1. The van der Waals surface area contributed by atoms with Crippen molar-refractivity contribution in [2.45, 2.75) is 58.5 Å². The molecule has 1 aliphatic heterocycles. The summed E-state index contributed by atoms with van der Waals surface area (Å²) in [5.74, 6) is 1.23. The third kappa shape index (κ3) is 5.86. The smallest absolute Gasteiger partial charge is 0.226 e. The first-order chi connectivity index (χ1) is 16.0. The maximum Gasteiger partial charge on any atom is 0.226 e. The van der Waals surface area contributed by atoms with Crippen molar-refractivity contribution in [2.24, 2.45) is 5.92 Å². The summed E-state index contributed by atoms with van der Waals surface area (Å²) in [6.07, 6.45) is 2.78. The summed E-state index contributed by atoms with van der Waals surface area (Å²) in [5, 5.41) is 3.19. The molecule has 0 spiro atoms. The van der Waals surface area contributed by atoms with E-state index in [1.54, 1.807) is 7.11 Å². The quantitative estimate of drug-likeness (QED) is 0.548. The van der Waals surface area contributed by atoms with E-state index >= 15 is 0 Å². The lowest BCUT2D eigenvalue weighted by Gasteiger charge is -2.41. The van der Waals surface area contributed by atoms with Crippen molar-refractivity contribution in [3.8, 4) is 11.5 Å². The molecule has 1 aliphatic rings. The highest BCUT2D eigenvalue weighted by Gasteiger charge is 2.41. The summed E-state index contributed by atoms with van der Waals surface area (Å²) in [5.41, 5.74) is 1.90. The largest absolute Gasteiger partial charge is 0.496 e. The number of carbonyl (C=O) groups is 2. The van der Waals surface area contributed by atoms with Crippen LogP contribution in [0.5, 0.6) is 11.5 Å². The molecule has 3 unspecified atom stereocenters. The molecule has 2 amide bonds. The average molecular weight is 453 g/mol. The van der Waals surface area contributed by atoms with Gasteiger partial charge in [0.05, 0.1) is 31.7 Å². The molecule has 1 N–H and O–H groups in total. The molecule has 0 aliphatic carbocycles. The Kier molecular flexibility index (Phi) is 8.75. The van der Waals surface area contributed by atoms with Crippen LogP contribution < -0.4 is 14.8 Å². The van der Waals surface area contributed by atoms with Crippen LogP contribution in [0.25, 0.3) is 0 Å². The van der Waals surface area contributed by atoms with Gasteiger partial charge in [0.2, 0.25) is 11.8 Å². The molecule has 0 bridgehead atoms. The average Bonchev–Trinajstić information content (AvgIpc) is 2.83. The van der Waals surface area contributed by atoms with Gasteiger partial charge in [0.25, 0.3) is 0 Å². The van der Waals surface area contributed by atoms with Crippen molar-refractivity contribution in [1.82, 2.24) is 10.2 Å². The van der Waals surface area contributed by atoms with Crippen LogP contribution in [0.4, 0.5) is 0 Å². The Balaban J connectivity index is 1.86. The van der Waals surface area contributed by atoms with E-state index in [4.69, 9.17) is 9.47 Å². The first-order valence-electron chi connectivity index (χ1n) is 12.0. The van der Waals surface area contributed by atoms with Gasteiger partial charge in [-0.3, -0.25) is 9.59 Å². The van der Waals surface area contributed by atoms with Gasteiger partial charge in [-0.2, -0.15) is 0 Å². The molecule has 0 radical (unpaired) electrons. The summed E-state index contributed by atoms with van der Waals surface area (Å²) in [7, 11) is 1.63. The fraction of sp³-hybridized carbons (Fsp3) is 0.481. The van der Waals surface area contributed by atoms with Gasteiger partial charge >= 0.3 is 0 Å². The number of hydrogen-bond acceptors (Lipinski definition) is 4. The number of likely N-dealkylation sites (tertiary alicyclic amines) is 1. The van der Waals surface area contributed by atoms with Crippen molar-refractivity contribution in [2.75, 3.05) is 20.3 Å². The number of benzene rings is 2. The Morgan fingerprint density at radius 3 is 2.55 bits per heavy atom. The normalized spacial score (nSPS) is 19.2. The highest BCUT2D eigenvalue weighted by molar-refractivity contribution is 5.85. The van der Waals surface area contributed by atoms with Crippen LogP contribution in [0.1, 0.15) is 69.7 Å². The summed E-state index contributed by atoms with van der Waals surface area (Å²) in [6, 6.07) is 15.0. The number of nitrogens with one attached hydrogen (secondary N) is 1. The van der Waals surface area contributed by atoms with E-state index in [1.807, 2.05) is 67.3 Å². The fourth-order valence-corrected chi connectivity index (χ4v) is 4.54. The summed E-state index contributed by atoms with van der Waals surface area (Å²) >= 11 is 0. The Morgan fingerprint density at radius 1 is 1.15 bits per heavy atom. The second kappa shape index (κ2) is 11.7. The van der Waals surface area contributed by atoms with Crippen LogP contribution in [0.15, 0.2) is 48.5 Å². The minimum atomic E-state index is -0.346. The molecule has 0 aromatic heterocycles. The van der Waals surface area contributed by atoms with Gasteiger partial charge in [-0.15, -0.1) is 0 Å². The SMILES string of the molecule is CCCCN1C(=O)CCC(C(=O)NC(C)c2ccc(OCC)cc2)C1c1ccccc1OC. The second-order valence-electron chi connectivity index (χ2n) is 8.50. The highest BCUT2D eigenvalue weighted by Crippen LogP contribution is 2.41. The van der Waals surface area contributed by atoms with Crippen LogP contribution in [0.3, 0.4) is 0 Å². The third-order valence-corrected chi connectivity index (χ3v) is 6.30. The van der Waals surface area contributed by atoms with Crippen LogP contribution in [0, 0.1) is 5.92 Å². The number of para-hydroxylation sites is 1. The van der Waals surface area contributed by atoms with Crippen molar-refractivity contribution in [3.05, 3.63) is 59.7 Å². The van der Waals surface area contributed by atoms with Crippen molar-refractivity contribution in [1.29, 1.82) is 0 Å². The van der Waals surface area contributed by atoms with E-state index in [0.29, 0.717) is 31.7 Å². The molecule has 3 atom stereocenters. The number of unbranched alkanes of at least 4 members (excludes halogenated alkanes) is 1. The van der Waals surface area contributed by atoms with Gasteiger partial charge in [-0.1, -0.05) is 43.7 Å². The molecule has 2 aromatic carbocycles. The van der Waals surface area contributed by atoms with Crippen molar-refractivity contribution < 1.29 is 19.1 Å². The van der Waals surface area contributed by atoms with Crippen LogP contribution in [-0.2, 0) is 9.59 Å². The van der Waals surface area contributed by atoms with Crippen molar-refractivity contribution >= 4 is 11.8 Å². The molecular weight excluding hydrogens is 416 g/mol. The molecule has 6 nitrogen and oxygen atoms in total. The Bertz CT molecular complexity index is 928. The lowest BCUT2D eigenvalue weighted by Crippen LogP contribution is -2.48. The maximum absolute atomic E-state index is 13.5. The second-order valence-corrected chi connectivity index (χ2v) is 8.50. The summed E-state index contributed by atoms with van der Waals surface area (Å²) in [6.45, 7) is 7.29.